The van der Waals surface area contributed by atoms with Crippen LogP contribution in [0.2, 0.25) is 0 Å². The Hall–Kier alpha value is -0.340. The first kappa shape index (κ1) is 18.0. The van der Waals surface area contributed by atoms with E-state index in [1.165, 1.54) is 33.7 Å². The molecule has 0 aliphatic carbocycles. The third-order valence-corrected chi connectivity index (χ3v) is 6.07. The topological polar surface area (TPSA) is 39.7 Å². The number of halogens is 1. The van der Waals surface area contributed by atoms with Gasteiger partial charge in [0.2, 0.25) is 0 Å². The van der Waals surface area contributed by atoms with Crippen LogP contribution in [0.15, 0.2) is 17.1 Å². The molecule has 0 aromatic carbocycles. The first-order chi connectivity index (χ1) is 10.6. The van der Waals surface area contributed by atoms with E-state index in [1.807, 2.05) is 18.4 Å². The van der Waals surface area contributed by atoms with Crippen LogP contribution in [0, 0.1) is 2.88 Å². The Labute approximate surface area is 151 Å². The van der Waals surface area contributed by atoms with Crippen molar-refractivity contribution >= 4 is 39.9 Å². The van der Waals surface area contributed by atoms with Crippen molar-refractivity contribution in [2.45, 2.75) is 45.2 Å². The normalized spacial score (nSPS) is 18.0. The lowest BCUT2D eigenvalue weighted by molar-refractivity contribution is 0.167. The van der Waals surface area contributed by atoms with Gasteiger partial charge in [-0.25, -0.2) is 0 Å². The first-order valence-electron chi connectivity index (χ1n) is 8.04. The van der Waals surface area contributed by atoms with Gasteiger partial charge in [0.05, 0.1) is 2.88 Å². The minimum atomic E-state index is 0.545. The fourth-order valence-electron chi connectivity index (χ4n) is 2.74. The van der Waals surface area contributed by atoms with Gasteiger partial charge in [0.15, 0.2) is 5.96 Å². The lowest BCUT2D eigenvalue weighted by atomic mass is 10.0. The summed E-state index contributed by atoms with van der Waals surface area (Å²) in [4.78, 5) is 8.33. The average molecular weight is 434 g/mol. The predicted octanol–water partition coefficient (Wildman–Crippen LogP) is 2.93. The number of nitrogens with one attached hydrogen (secondary N) is 2. The largest absolute Gasteiger partial charge is 0.356 e. The summed E-state index contributed by atoms with van der Waals surface area (Å²) in [5.74, 6) is 0.939. The van der Waals surface area contributed by atoms with E-state index in [2.05, 4.69) is 69.1 Å². The highest BCUT2D eigenvalue weighted by atomic mass is 127. The maximum atomic E-state index is 4.36. The van der Waals surface area contributed by atoms with Crippen LogP contribution in [0.4, 0.5) is 0 Å². The number of thiophene rings is 1. The third-order valence-electron chi connectivity index (χ3n) is 4.12. The Morgan fingerprint density at radius 1 is 1.41 bits per heavy atom. The molecular formula is C16H27IN4S. The molecule has 1 fully saturated rings. The van der Waals surface area contributed by atoms with E-state index in [0.29, 0.717) is 12.1 Å². The maximum absolute atomic E-state index is 4.36. The molecule has 1 aliphatic heterocycles. The highest BCUT2D eigenvalue weighted by Gasteiger charge is 2.21. The van der Waals surface area contributed by atoms with Crippen molar-refractivity contribution in [3.8, 4) is 0 Å². The highest BCUT2D eigenvalue weighted by molar-refractivity contribution is 14.1. The molecule has 0 unspecified atom stereocenters. The van der Waals surface area contributed by atoms with Crippen LogP contribution in [0.3, 0.4) is 0 Å². The molecule has 2 heterocycles. The molecule has 2 rings (SSSR count). The van der Waals surface area contributed by atoms with Gasteiger partial charge in [-0.3, -0.25) is 4.99 Å². The summed E-state index contributed by atoms with van der Waals surface area (Å²) >= 11 is 4.24. The summed E-state index contributed by atoms with van der Waals surface area (Å²) in [5, 5.41) is 7.01. The molecular weight excluding hydrogens is 407 g/mol. The molecule has 1 aromatic rings. The van der Waals surface area contributed by atoms with Crippen molar-refractivity contribution in [3.63, 3.8) is 0 Å². The van der Waals surface area contributed by atoms with Gasteiger partial charge in [0.1, 0.15) is 0 Å². The molecule has 2 N–H and O–H groups in total. The maximum Gasteiger partial charge on any atom is 0.191 e. The summed E-state index contributed by atoms with van der Waals surface area (Å²) < 4.78 is 1.35. The lowest BCUT2D eigenvalue weighted by Crippen LogP contribution is -2.50. The highest BCUT2D eigenvalue weighted by Crippen LogP contribution is 2.18. The SMILES string of the molecule is CN=C(NCCc1ccc(I)s1)NC1CCN(C(C)C)CC1. The molecule has 6 heteroatoms. The molecule has 0 atom stereocenters. The Bertz CT molecular complexity index is 478. The van der Waals surface area contributed by atoms with E-state index in [1.54, 1.807) is 0 Å². The van der Waals surface area contributed by atoms with Crippen molar-refractivity contribution in [1.82, 2.24) is 15.5 Å². The Kier molecular flexibility index (Phi) is 7.43. The van der Waals surface area contributed by atoms with Gasteiger partial charge in [0.25, 0.3) is 0 Å². The smallest absolute Gasteiger partial charge is 0.191 e. The molecule has 22 heavy (non-hydrogen) atoms. The summed E-state index contributed by atoms with van der Waals surface area (Å²) in [6, 6.07) is 5.60. The number of guanidine groups is 1. The van der Waals surface area contributed by atoms with Crippen LogP contribution in [-0.2, 0) is 6.42 Å². The number of aliphatic imine (C=N–C) groups is 1. The molecule has 124 valence electrons. The molecule has 1 aromatic heterocycles. The van der Waals surface area contributed by atoms with Crippen molar-refractivity contribution < 1.29 is 0 Å². The second kappa shape index (κ2) is 9.08. The van der Waals surface area contributed by atoms with Crippen LogP contribution < -0.4 is 10.6 Å². The van der Waals surface area contributed by atoms with Gasteiger partial charge in [-0.05, 0) is 67.8 Å². The van der Waals surface area contributed by atoms with Gasteiger partial charge in [0, 0.05) is 43.6 Å². The quantitative estimate of drug-likeness (QED) is 0.426. The Balaban J connectivity index is 1.69. The summed E-state index contributed by atoms with van der Waals surface area (Å²) in [6.45, 7) is 7.85. The van der Waals surface area contributed by atoms with Crippen LogP contribution in [0.5, 0.6) is 0 Å². The van der Waals surface area contributed by atoms with E-state index in [4.69, 9.17) is 0 Å². The number of hydrogen-bond acceptors (Lipinski definition) is 3. The second-order valence-electron chi connectivity index (χ2n) is 6.00. The van der Waals surface area contributed by atoms with E-state index >= 15 is 0 Å². The van der Waals surface area contributed by atoms with E-state index in [0.717, 1.165) is 18.9 Å². The van der Waals surface area contributed by atoms with Gasteiger partial charge in [-0.2, -0.15) is 0 Å². The zero-order valence-electron chi connectivity index (χ0n) is 13.7. The second-order valence-corrected chi connectivity index (χ2v) is 9.07. The van der Waals surface area contributed by atoms with Crippen LogP contribution >= 0.6 is 33.9 Å². The van der Waals surface area contributed by atoms with E-state index in [-0.39, 0.29) is 0 Å². The van der Waals surface area contributed by atoms with Crippen molar-refractivity contribution in [1.29, 1.82) is 0 Å². The monoisotopic (exact) mass is 434 g/mol. The summed E-state index contributed by atoms with van der Waals surface area (Å²) in [5.41, 5.74) is 0. The minimum Gasteiger partial charge on any atom is -0.356 e. The van der Waals surface area contributed by atoms with Gasteiger partial charge >= 0.3 is 0 Å². The van der Waals surface area contributed by atoms with Crippen LogP contribution in [0.25, 0.3) is 0 Å². The number of likely N-dealkylation sites (tertiary alicyclic amines) is 1. The average Bonchev–Trinajstić information content (AvgIpc) is 2.92. The standard InChI is InChI=1S/C16H27IN4S/c1-12(2)21-10-7-13(8-11-21)20-16(18-3)19-9-6-14-4-5-15(17)22-14/h4-5,12-13H,6-11H2,1-3H3,(H2,18,19,20). The Morgan fingerprint density at radius 2 is 2.14 bits per heavy atom. The zero-order valence-corrected chi connectivity index (χ0v) is 16.7. The van der Waals surface area contributed by atoms with E-state index in [9.17, 15) is 0 Å². The molecule has 0 saturated carbocycles. The van der Waals surface area contributed by atoms with Crippen LogP contribution in [-0.4, -0.2) is 49.6 Å². The Morgan fingerprint density at radius 3 is 2.68 bits per heavy atom. The zero-order chi connectivity index (χ0) is 15.9. The fraction of sp³-hybridized carbons (Fsp3) is 0.688. The number of piperidine rings is 1. The molecule has 0 spiro atoms. The molecule has 1 saturated heterocycles. The number of hydrogen-bond donors (Lipinski definition) is 2. The van der Waals surface area contributed by atoms with E-state index < -0.39 is 0 Å². The molecule has 0 amide bonds. The predicted molar refractivity (Wildman–Crippen MR) is 105 cm³/mol. The van der Waals surface area contributed by atoms with Crippen LogP contribution in [0.1, 0.15) is 31.6 Å². The molecule has 1 aliphatic rings. The van der Waals surface area contributed by atoms with Gasteiger partial charge < -0.3 is 15.5 Å². The van der Waals surface area contributed by atoms with Gasteiger partial charge in [-0.15, -0.1) is 11.3 Å². The number of nitrogens with zero attached hydrogens (tertiary/aromatic N) is 2. The van der Waals surface area contributed by atoms with Crippen molar-refractivity contribution in [3.05, 3.63) is 19.9 Å². The number of rotatable bonds is 5. The third kappa shape index (κ3) is 5.70. The van der Waals surface area contributed by atoms with Gasteiger partial charge in [-0.1, -0.05) is 0 Å². The molecule has 0 bridgehead atoms. The molecule has 0 radical (unpaired) electrons. The first-order valence-corrected chi connectivity index (χ1v) is 9.93. The summed E-state index contributed by atoms with van der Waals surface area (Å²) in [6.07, 6.45) is 3.45. The van der Waals surface area contributed by atoms with Crippen molar-refractivity contribution in [2.24, 2.45) is 4.99 Å². The lowest BCUT2D eigenvalue weighted by Gasteiger charge is -2.35. The molecule has 4 nitrogen and oxygen atoms in total. The fourth-order valence-corrected chi connectivity index (χ4v) is 4.49. The summed E-state index contributed by atoms with van der Waals surface area (Å²) in [7, 11) is 1.85. The van der Waals surface area contributed by atoms with Crippen molar-refractivity contribution in [2.75, 3.05) is 26.7 Å². The minimum absolute atomic E-state index is 0.545.